The van der Waals surface area contributed by atoms with Crippen molar-refractivity contribution >= 4 is 25.7 Å². The van der Waals surface area contributed by atoms with Crippen LogP contribution in [-0.2, 0) is 0 Å². The summed E-state index contributed by atoms with van der Waals surface area (Å²) in [5.41, 5.74) is 0. The van der Waals surface area contributed by atoms with Crippen molar-refractivity contribution in [3.63, 3.8) is 0 Å². The first kappa shape index (κ1) is 12.4. The first-order valence-corrected chi connectivity index (χ1v) is 5.92. The van der Waals surface area contributed by atoms with E-state index in [0.29, 0.717) is 0 Å². The van der Waals surface area contributed by atoms with Crippen LogP contribution in [0.15, 0.2) is 6.07 Å². The highest BCUT2D eigenvalue weighted by atomic mass is 127. The van der Waals surface area contributed by atoms with E-state index in [1.54, 1.807) is 20.7 Å². The topological polar surface area (TPSA) is 26.0 Å². The summed E-state index contributed by atoms with van der Waals surface area (Å²) in [7, 11) is 3.56. The zero-order valence-electron chi connectivity index (χ0n) is 7.19. The van der Waals surface area contributed by atoms with Crippen LogP contribution in [0.4, 0.5) is 5.00 Å². The molecule has 0 spiro atoms. The predicted octanol–water partition coefficient (Wildman–Crippen LogP) is -2.75. The summed E-state index contributed by atoms with van der Waals surface area (Å²) < 4.78 is 1.26. The van der Waals surface area contributed by atoms with Crippen molar-refractivity contribution in [3.8, 4) is 0 Å². The lowest BCUT2D eigenvalue weighted by Crippen LogP contribution is -3.00. The molecule has 0 aliphatic carbocycles. The number of anilines is 1. The first-order chi connectivity index (χ1) is 5.36. The van der Waals surface area contributed by atoms with Gasteiger partial charge in [-0.1, -0.05) is 10.3 Å². The van der Waals surface area contributed by atoms with Gasteiger partial charge in [0.2, 0.25) is 0 Å². The second kappa shape index (κ2) is 6.85. The lowest BCUT2D eigenvalue weighted by atomic mass is 10.6. The summed E-state index contributed by atoms with van der Waals surface area (Å²) in [5, 5.41) is 4.53. The molecular formula is C7H13IN2S2. The van der Waals surface area contributed by atoms with E-state index in [9.17, 15) is 0 Å². The largest absolute Gasteiger partial charge is 1.00 e. The van der Waals surface area contributed by atoms with Crippen molar-refractivity contribution in [2.75, 3.05) is 18.4 Å². The van der Waals surface area contributed by atoms with Crippen LogP contribution in [0.2, 0.25) is 0 Å². The Morgan fingerprint density at radius 2 is 2.17 bits per heavy atom. The van der Waals surface area contributed by atoms with Crippen LogP contribution in [0.25, 0.3) is 0 Å². The molecule has 1 aromatic rings. The minimum Gasteiger partial charge on any atom is -1.00 e. The van der Waals surface area contributed by atoms with Crippen LogP contribution in [0.5, 0.6) is 0 Å². The number of hydrogen-bond donors (Lipinski definition) is 2. The molecule has 0 saturated heterocycles. The maximum absolute atomic E-state index is 3.28. The van der Waals surface area contributed by atoms with Gasteiger partial charge in [0.1, 0.15) is 11.5 Å². The van der Waals surface area contributed by atoms with Crippen LogP contribution in [-0.4, -0.2) is 13.1 Å². The quantitative estimate of drug-likeness (QED) is 0.459. The highest BCUT2D eigenvalue weighted by molar-refractivity contribution is 7.70. The molecule has 1 heterocycles. The molecule has 2 N–H and O–H groups in total. The van der Waals surface area contributed by atoms with Gasteiger partial charge < -0.3 is 29.3 Å². The lowest BCUT2D eigenvalue weighted by molar-refractivity contribution is -0.492. The van der Waals surface area contributed by atoms with E-state index < -0.39 is 0 Å². The molecule has 1 aromatic heterocycles. The summed E-state index contributed by atoms with van der Waals surface area (Å²) in [6.45, 7) is 6.21. The second-order valence-corrected chi connectivity index (χ2v) is 4.31. The molecule has 0 radical (unpaired) electrons. The molecule has 0 unspecified atom stereocenters. The van der Waals surface area contributed by atoms with E-state index in [2.05, 4.69) is 30.2 Å². The van der Waals surface area contributed by atoms with Crippen LogP contribution in [0, 0.1) is 0 Å². The van der Waals surface area contributed by atoms with Gasteiger partial charge in [0, 0.05) is 6.54 Å². The van der Waals surface area contributed by atoms with Crippen LogP contribution >= 0.6 is 20.7 Å². The van der Waals surface area contributed by atoms with Gasteiger partial charge >= 0.3 is 0 Å². The molecule has 0 bridgehead atoms. The Balaban J connectivity index is 0.00000121. The van der Waals surface area contributed by atoms with Crippen molar-refractivity contribution in [2.45, 2.75) is 13.8 Å². The zero-order chi connectivity index (χ0) is 8.10. The van der Waals surface area contributed by atoms with Gasteiger partial charge in [-0.25, -0.2) is 4.99 Å². The Labute approximate surface area is 97.2 Å². The third-order valence-electron chi connectivity index (χ3n) is 1.19. The number of halogens is 1. The van der Waals surface area contributed by atoms with Crippen LogP contribution in [0.3, 0.4) is 0 Å². The number of nitrogens with one attached hydrogen (secondary N) is 2. The van der Waals surface area contributed by atoms with Crippen molar-refractivity contribution in [1.82, 2.24) is 0 Å². The fourth-order valence-electron chi connectivity index (χ4n) is 0.766. The SMILES string of the molecule is CCNc1cc(=[NH+]CC)ss1.[I-]. The van der Waals surface area contributed by atoms with Crippen molar-refractivity contribution in [2.24, 2.45) is 0 Å². The summed E-state index contributed by atoms with van der Waals surface area (Å²) in [5.74, 6) is 0. The monoisotopic (exact) mass is 316 g/mol. The Morgan fingerprint density at radius 1 is 1.42 bits per heavy atom. The highest BCUT2D eigenvalue weighted by Crippen LogP contribution is 2.14. The zero-order valence-corrected chi connectivity index (χ0v) is 11.0. The molecule has 5 heteroatoms. The van der Waals surface area contributed by atoms with E-state index in [1.807, 2.05) is 0 Å². The Bertz CT molecular complexity index is 266. The maximum Gasteiger partial charge on any atom is 0.267 e. The average Bonchev–Trinajstić information content (AvgIpc) is 2.38. The van der Waals surface area contributed by atoms with E-state index in [1.165, 1.54) is 9.67 Å². The number of rotatable bonds is 3. The van der Waals surface area contributed by atoms with Crippen LogP contribution in [0.1, 0.15) is 13.8 Å². The van der Waals surface area contributed by atoms with Crippen molar-refractivity contribution < 1.29 is 29.0 Å². The van der Waals surface area contributed by atoms with Gasteiger partial charge in [0.15, 0.2) is 0 Å². The van der Waals surface area contributed by atoms with Gasteiger partial charge in [0.05, 0.1) is 6.07 Å². The molecule has 0 aliphatic rings. The molecule has 0 aromatic carbocycles. The fourth-order valence-corrected chi connectivity index (χ4v) is 2.94. The van der Waals surface area contributed by atoms with Crippen molar-refractivity contribution in [3.05, 3.63) is 10.7 Å². The normalized spacial score (nSPS) is 11.0. The van der Waals surface area contributed by atoms with Gasteiger partial charge in [0.25, 0.3) is 4.67 Å². The second-order valence-electron chi connectivity index (χ2n) is 2.10. The fraction of sp³-hybridized carbons (Fsp3) is 0.571. The van der Waals surface area contributed by atoms with Gasteiger partial charge in [-0.2, -0.15) is 0 Å². The maximum atomic E-state index is 3.28. The van der Waals surface area contributed by atoms with E-state index in [4.69, 9.17) is 0 Å². The lowest BCUT2D eigenvalue weighted by Gasteiger charge is -1.91. The smallest absolute Gasteiger partial charge is 0.267 e. The molecule has 12 heavy (non-hydrogen) atoms. The molecule has 2 nitrogen and oxygen atoms in total. The third-order valence-corrected chi connectivity index (χ3v) is 3.48. The summed E-state index contributed by atoms with van der Waals surface area (Å²) in [6.07, 6.45) is 0. The molecule has 70 valence electrons. The standard InChI is InChI=1S/C7H12N2S2.HI/c1-3-8-6-5-7(9-4-2)11-10-6;/h5,8H,3-4H2,1-2H3;1H. The van der Waals surface area contributed by atoms with E-state index in [-0.39, 0.29) is 24.0 Å². The summed E-state index contributed by atoms with van der Waals surface area (Å²) in [4.78, 5) is 3.28. The third kappa shape index (κ3) is 3.86. The summed E-state index contributed by atoms with van der Waals surface area (Å²) in [6, 6.07) is 2.16. The molecule has 1 rings (SSSR count). The molecule has 0 saturated carbocycles. The number of hydrogen-bond acceptors (Lipinski definition) is 3. The molecule has 0 fully saturated rings. The van der Waals surface area contributed by atoms with Gasteiger partial charge in [-0.15, -0.1) is 0 Å². The van der Waals surface area contributed by atoms with Gasteiger partial charge in [-0.05, 0) is 24.2 Å². The molecule has 0 amide bonds. The van der Waals surface area contributed by atoms with Crippen molar-refractivity contribution in [1.29, 1.82) is 0 Å². The van der Waals surface area contributed by atoms with E-state index >= 15 is 0 Å². The Hall–Kier alpha value is 0.380. The van der Waals surface area contributed by atoms with E-state index in [0.717, 1.165) is 13.1 Å². The minimum atomic E-state index is 0. The highest BCUT2D eigenvalue weighted by Gasteiger charge is 1.95. The molecular weight excluding hydrogens is 303 g/mol. The molecule has 0 aliphatic heterocycles. The predicted molar refractivity (Wildman–Crippen MR) is 51.0 cm³/mol. The minimum absolute atomic E-state index is 0. The Kier molecular flexibility index (Phi) is 7.07. The van der Waals surface area contributed by atoms with Crippen LogP contribution < -0.4 is 39.0 Å². The van der Waals surface area contributed by atoms with Gasteiger partial charge in [-0.3, -0.25) is 0 Å². The average molecular weight is 316 g/mol. The summed E-state index contributed by atoms with van der Waals surface area (Å²) >= 11 is 0. The first-order valence-electron chi connectivity index (χ1n) is 3.77. The molecule has 0 atom stereocenters. The Morgan fingerprint density at radius 3 is 2.75 bits per heavy atom.